The number of nitrogens with one attached hydrogen (secondary N) is 1. The van der Waals surface area contributed by atoms with Gasteiger partial charge in [0.2, 0.25) is 0 Å². The Morgan fingerprint density at radius 2 is 1.44 bits per heavy atom. The molecule has 4 rings (SSSR count). The Labute approximate surface area is 204 Å². The molecular weight excluding hydrogens is 468 g/mol. The highest BCUT2D eigenvalue weighted by Crippen LogP contribution is 2.30. The predicted octanol–water partition coefficient (Wildman–Crippen LogP) is 6.30. The summed E-state index contributed by atoms with van der Waals surface area (Å²) in [5.41, 5.74) is 2.61. The summed E-state index contributed by atoms with van der Waals surface area (Å²) in [6.45, 7) is 1.88. The molecule has 0 aliphatic carbocycles. The van der Waals surface area contributed by atoms with E-state index in [9.17, 15) is 13.2 Å². The summed E-state index contributed by atoms with van der Waals surface area (Å²) in [7, 11) is -3.96. The number of rotatable bonds is 7. The molecule has 0 radical (unpaired) electrons. The Hall–Kier alpha value is -3.61. The lowest BCUT2D eigenvalue weighted by Crippen LogP contribution is -2.32. The molecule has 0 atom stereocenters. The second-order valence-electron chi connectivity index (χ2n) is 7.69. The molecule has 5 nitrogen and oxygen atoms in total. The zero-order valence-corrected chi connectivity index (χ0v) is 20.1. The maximum Gasteiger partial charge on any atom is 0.264 e. The van der Waals surface area contributed by atoms with Gasteiger partial charge in [-0.3, -0.25) is 9.10 Å². The summed E-state index contributed by atoms with van der Waals surface area (Å²) in [5, 5.41) is 3.40. The van der Waals surface area contributed by atoms with Crippen molar-refractivity contribution in [3.63, 3.8) is 0 Å². The fourth-order valence-corrected chi connectivity index (χ4v) is 5.25. The van der Waals surface area contributed by atoms with Crippen LogP contribution in [-0.4, -0.2) is 14.3 Å². The lowest BCUT2D eigenvalue weighted by Gasteiger charge is -2.26. The lowest BCUT2D eigenvalue weighted by molar-refractivity contribution is 0.102. The molecule has 0 saturated carbocycles. The summed E-state index contributed by atoms with van der Waals surface area (Å²) in [6.07, 6.45) is 0. The molecule has 1 amide bonds. The molecule has 1 N–H and O–H groups in total. The third-order valence-corrected chi connectivity index (χ3v) is 7.62. The van der Waals surface area contributed by atoms with Crippen LogP contribution in [0.15, 0.2) is 108 Å². The van der Waals surface area contributed by atoms with Crippen molar-refractivity contribution in [2.75, 3.05) is 9.62 Å². The quantitative estimate of drug-likeness (QED) is 0.330. The first kappa shape index (κ1) is 23.5. The summed E-state index contributed by atoms with van der Waals surface area (Å²) in [4.78, 5) is 13.5. The number of nitrogens with zero attached hydrogens (tertiary/aromatic N) is 1. The van der Waals surface area contributed by atoms with Crippen LogP contribution in [-0.2, 0) is 16.6 Å². The number of anilines is 2. The van der Waals surface area contributed by atoms with Crippen LogP contribution < -0.4 is 9.62 Å². The normalized spacial score (nSPS) is 11.1. The van der Waals surface area contributed by atoms with Gasteiger partial charge in [-0.05, 0) is 54.4 Å². The van der Waals surface area contributed by atoms with Gasteiger partial charge in [0.15, 0.2) is 0 Å². The van der Waals surface area contributed by atoms with E-state index >= 15 is 0 Å². The first-order valence-corrected chi connectivity index (χ1v) is 12.5. The van der Waals surface area contributed by atoms with Crippen LogP contribution in [0.25, 0.3) is 0 Å². The van der Waals surface area contributed by atoms with Crippen molar-refractivity contribution < 1.29 is 13.2 Å². The number of para-hydroxylation sites is 1. The van der Waals surface area contributed by atoms with Crippen LogP contribution in [0, 0.1) is 6.92 Å². The second kappa shape index (κ2) is 10.1. The molecule has 172 valence electrons. The van der Waals surface area contributed by atoms with Crippen LogP contribution in [0.5, 0.6) is 0 Å². The second-order valence-corrected chi connectivity index (χ2v) is 9.96. The SMILES string of the molecule is Cc1c(Cl)cccc1NC(=O)c1ccccc1N(Cc1ccccc1)S(=O)(=O)c1ccccc1. The van der Waals surface area contributed by atoms with Gasteiger partial charge < -0.3 is 5.32 Å². The van der Waals surface area contributed by atoms with Crippen LogP contribution >= 0.6 is 11.6 Å². The van der Waals surface area contributed by atoms with Crippen molar-refractivity contribution in [3.8, 4) is 0 Å². The van der Waals surface area contributed by atoms with Crippen molar-refractivity contribution in [2.24, 2.45) is 0 Å². The molecule has 0 unspecified atom stereocenters. The maximum absolute atomic E-state index is 13.7. The first-order chi connectivity index (χ1) is 16.4. The highest BCUT2D eigenvalue weighted by molar-refractivity contribution is 7.92. The summed E-state index contributed by atoms with van der Waals surface area (Å²) in [5.74, 6) is -0.428. The van der Waals surface area contributed by atoms with Crippen LogP contribution in [0.1, 0.15) is 21.5 Å². The Kier molecular flexibility index (Phi) is 7.01. The van der Waals surface area contributed by atoms with Crippen molar-refractivity contribution in [3.05, 3.63) is 125 Å². The van der Waals surface area contributed by atoms with Crippen molar-refractivity contribution in [2.45, 2.75) is 18.4 Å². The van der Waals surface area contributed by atoms with Gasteiger partial charge in [-0.15, -0.1) is 0 Å². The first-order valence-electron chi connectivity index (χ1n) is 10.6. The van der Waals surface area contributed by atoms with E-state index in [0.29, 0.717) is 10.7 Å². The van der Waals surface area contributed by atoms with Gasteiger partial charge in [-0.2, -0.15) is 0 Å². The smallest absolute Gasteiger partial charge is 0.264 e. The number of carbonyl (C=O) groups is 1. The van der Waals surface area contributed by atoms with Crippen molar-refractivity contribution in [1.29, 1.82) is 0 Å². The van der Waals surface area contributed by atoms with E-state index in [1.54, 1.807) is 72.8 Å². The minimum Gasteiger partial charge on any atom is -0.322 e. The number of halogens is 1. The zero-order chi connectivity index (χ0) is 24.1. The van der Waals surface area contributed by atoms with Gasteiger partial charge in [0.05, 0.1) is 22.7 Å². The molecule has 0 bridgehead atoms. The number of amides is 1. The topological polar surface area (TPSA) is 66.5 Å². The van der Waals surface area contributed by atoms with Crippen molar-refractivity contribution >= 4 is 38.9 Å². The van der Waals surface area contributed by atoms with Gasteiger partial charge in [0.25, 0.3) is 15.9 Å². The molecular formula is C27H23ClN2O3S. The highest BCUT2D eigenvalue weighted by atomic mass is 35.5. The number of benzene rings is 4. The van der Waals surface area contributed by atoms with Gasteiger partial charge in [0.1, 0.15) is 0 Å². The monoisotopic (exact) mass is 490 g/mol. The van der Waals surface area contributed by atoms with Gasteiger partial charge >= 0.3 is 0 Å². The number of hydrogen-bond acceptors (Lipinski definition) is 3. The van der Waals surface area contributed by atoms with E-state index in [2.05, 4.69) is 5.32 Å². The average molecular weight is 491 g/mol. The number of sulfonamides is 1. The fraction of sp³-hybridized carbons (Fsp3) is 0.0741. The Morgan fingerprint density at radius 1 is 0.824 bits per heavy atom. The van der Waals surface area contributed by atoms with E-state index in [0.717, 1.165) is 11.1 Å². The third-order valence-electron chi connectivity index (χ3n) is 5.43. The molecule has 0 aromatic heterocycles. The number of hydrogen-bond donors (Lipinski definition) is 1. The van der Waals surface area contributed by atoms with E-state index in [-0.39, 0.29) is 22.7 Å². The van der Waals surface area contributed by atoms with Crippen molar-refractivity contribution in [1.82, 2.24) is 0 Å². The van der Waals surface area contributed by atoms with Crippen LogP contribution in [0.2, 0.25) is 5.02 Å². The fourth-order valence-electron chi connectivity index (χ4n) is 3.58. The Balaban J connectivity index is 1.79. The number of carbonyl (C=O) groups excluding carboxylic acids is 1. The largest absolute Gasteiger partial charge is 0.322 e. The highest BCUT2D eigenvalue weighted by Gasteiger charge is 2.28. The standard InChI is InChI=1S/C27H23ClN2O3S/c1-20-24(28)16-10-17-25(20)29-27(31)23-15-8-9-18-26(23)30(19-21-11-4-2-5-12-21)34(32,33)22-13-6-3-7-14-22/h2-18H,19H2,1H3,(H,29,31). The average Bonchev–Trinajstić information content (AvgIpc) is 2.86. The molecule has 0 aliphatic rings. The molecule has 0 heterocycles. The molecule has 0 aliphatic heterocycles. The molecule has 4 aromatic rings. The van der Waals surface area contributed by atoms with Gasteiger partial charge in [0, 0.05) is 10.7 Å². The van der Waals surface area contributed by atoms with Crippen LogP contribution in [0.4, 0.5) is 11.4 Å². The summed E-state index contributed by atoms with van der Waals surface area (Å²) >= 11 is 6.20. The molecule has 7 heteroatoms. The predicted molar refractivity (Wildman–Crippen MR) is 137 cm³/mol. The Morgan fingerprint density at radius 3 is 2.15 bits per heavy atom. The summed E-state index contributed by atoms with van der Waals surface area (Å²) < 4.78 is 28.8. The van der Waals surface area contributed by atoms with E-state index in [1.165, 1.54) is 4.31 Å². The summed E-state index contributed by atoms with van der Waals surface area (Å²) in [6, 6.07) is 29.4. The van der Waals surface area contributed by atoms with E-state index in [1.807, 2.05) is 37.3 Å². The molecule has 0 saturated heterocycles. The maximum atomic E-state index is 13.7. The minimum absolute atomic E-state index is 0.0680. The lowest BCUT2D eigenvalue weighted by atomic mass is 10.1. The molecule has 0 fully saturated rings. The third kappa shape index (κ3) is 4.98. The van der Waals surface area contributed by atoms with Gasteiger partial charge in [-0.1, -0.05) is 78.3 Å². The molecule has 4 aromatic carbocycles. The molecule has 34 heavy (non-hydrogen) atoms. The molecule has 0 spiro atoms. The van der Waals surface area contributed by atoms with E-state index in [4.69, 9.17) is 11.6 Å². The zero-order valence-electron chi connectivity index (χ0n) is 18.5. The minimum atomic E-state index is -3.96. The van der Waals surface area contributed by atoms with Crippen LogP contribution in [0.3, 0.4) is 0 Å². The van der Waals surface area contributed by atoms with E-state index < -0.39 is 15.9 Å². The Bertz CT molecular complexity index is 1410. The van der Waals surface area contributed by atoms with Gasteiger partial charge in [-0.25, -0.2) is 8.42 Å².